The third-order valence-electron chi connectivity index (χ3n) is 6.67. The summed E-state index contributed by atoms with van der Waals surface area (Å²) in [6, 6.07) is 12.3. The number of nitrogens with zero attached hydrogens (tertiary/aromatic N) is 3. The van der Waals surface area contributed by atoms with Crippen LogP contribution >= 0.6 is 0 Å². The minimum absolute atomic E-state index is 0.379. The Labute approximate surface area is 189 Å². The molecule has 6 rings (SSSR count). The summed E-state index contributed by atoms with van der Waals surface area (Å²) in [6.07, 6.45) is 10.2. The van der Waals surface area contributed by atoms with Gasteiger partial charge >= 0.3 is 0 Å². The quantitative estimate of drug-likeness (QED) is 0.507. The monoisotopic (exact) mass is 423 g/mol. The van der Waals surface area contributed by atoms with Gasteiger partial charge in [-0.3, -0.25) is 20.3 Å². The van der Waals surface area contributed by atoms with Crippen molar-refractivity contribution in [3.8, 4) is 11.1 Å². The molecule has 1 aromatic carbocycles. The van der Waals surface area contributed by atoms with E-state index in [2.05, 4.69) is 51.0 Å². The molecule has 2 aromatic heterocycles. The second-order valence-corrected chi connectivity index (χ2v) is 9.23. The molecule has 3 aromatic rings. The highest BCUT2D eigenvalue weighted by atomic mass is 15.1. The fourth-order valence-corrected chi connectivity index (χ4v) is 5.00. The smallest absolute Gasteiger partial charge is 0.0843 e. The van der Waals surface area contributed by atoms with Gasteiger partial charge in [0.1, 0.15) is 0 Å². The molecule has 1 aliphatic carbocycles. The summed E-state index contributed by atoms with van der Waals surface area (Å²) in [6.45, 7) is 9.51. The van der Waals surface area contributed by atoms with Gasteiger partial charge in [0.15, 0.2) is 0 Å². The van der Waals surface area contributed by atoms with E-state index < -0.39 is 0 Å². The standard InChI is InChI=1S/C27H29N5/c1-18-5-6-23(11-26(18)27(28)19(2)31-25-4-3-7-29-14-25)24-10-22(12-30-13-24)17-32-15-20-8-21(9-20)16-32/h3-7,10-14,20-21,28,31H,2,8-9,15-17H2,1H3. The van der Waals surface area contributed by atoms with Gasteiger partial charge in [0.2, 0.25) is 0 Å². The third kappa shape index (κ3) is 4.34. The topological polar surface area (TPSA) is 64.9 Å². The van der Waals surface area contributed by atoms with Gasteiger partial charge in [-0.2, -0.15) is 0 Å². The van der Waals surface area contributed by atoms with Gasteiger partial charge in [-0.05, 0) is 72.6 Å². The number of benzene rings is 1. The van der Waals surface area contributed by atoms with Crippen LogP contribution in [0.15, 0.2) is 73.5 Å². The molecule has 3 fully saturated rings. The number of fused-ring (bicyclic) bond motifs is 2. The van der Waals surface area contributed by atoms with E-state index in [1.165, 1.54) is 31.5 Å². The molecule has 5 nitrogen and oxygen atoms in total. The number of rotatable bonds is 7. The second kappa shape index (κ2) is 8.67. The van der Waals surface area contributed by atoms with Crippen LogP contribution in [0.3, 0.4) is 0 Å². The van der Waals surface area contributed by atoms with Crippen LogP contribution in [0.2, 0.25) is 0 Å². The maximum absolute atomic E-state index is 8.72. The first-order chi connectivity index (χ1) is 15.5. The minimum atomic E-state index is 0.379. The molecule has 2 N–H and O–H groups in total. The fraction of sp³-hybridized carbons (Fsp3) is 0.296. The Morgan fingerprint density at radius 2 is 1.88 bits per heavy atom. The van der Waals surface area contributed by atoms with Gasteiger partial charge in [-0.15, -0.1) is 0 Å². The molecular formula is C27H29N5. The molecule has 2 bridgehead atoms. The summed E-state index contributed by atoms with van der Waals surface area (Å²) in [5.74, 6) is 1.81. The van der Waals surface area contributed by atoms with Crippen LogP contribution in [0.25, 0.3) is 11.1 Å². The SMILES string of the molecule is C=C(Nc1cccnc1)C(=N)c1cc(-c2cncc(CN3CC4CC(C4)C3)c2)ccc1C. The first-order valence-electron chi connectivity index (χ1n) is 11.3. The van der Waals surface area contributed by atoms with Crippen molar-refractivity contribution in [1.29, 1.82) is 5.41 Å². The molecule has 2 aliphatic heterocycles. The van der Waals surface area contributed by atoms with Crippen LogP contribution in [0.1, 0.15) is 29.5 Å². The van der Waals surface area contributed by atoms with E-state index in [4.69, 9.17) is 5.41 Å². The van der Waals surface area contributed by atoms with Crippen molar-refractivity contribution < 1.29 is 0 Å². The van der Waals surface area contributed by atoms with Crippen molar-refractivity contribution in [2.45, 2.75) is 26.3 Å². The van der Waals surface area contributed by atoms with E-state index in [1.807, 2.05) is 31.5 Å². The fourth-order valence-electron chi connectivity index (χ4n) is 5.00. The van der Waals surface area contributed by atoms with Crippen LogP contribution in [-0.4, -0.2) is 33.7 Å². The summed E-state index contributed by atoms with van der Waals surface area (Å²) in [5, 5.41) is 11.9. The molecule has 1 saturated carbocycles. The first-order valence-corrected chi connectivity index (χ1v) is 11.3. The largest absolute Gasteiger partial charge is 0.353 e. The van der Waals surface area contributed by atoms with Gasteiger partial charge in [-0.1, -0.05) is 18.7 Å². The van der Waals surface area contributed by atoms with Gasteiger partial charge in [0, 0.05) is 49.4 Å². The average molecular weight is 424 g/mol. The van der Waals surface area contributed by atoms with Crippen molar-refractivity contribution in [3.05, 3.63) is 90.2 Å². The zero-order chi connectivity index (χ0) is 22.1. The van der Waals surface area contributed by atoms with Gasteiger partial charge < -0.3 is 5.32 Å². The molecule has 0 atom stereocenters. The molecule has 2 saturated heterocycles. The Balaban J connectivity index is 1.34. The average Bonchev–Trinajstić information content (AvgIpc) is 2.79. The molecule has 3 aliphatic rings. The Morgan fingerprint density at radius 1 is 1.06 bits per heavy atom. The number of piperidine rings is 2. The maximum atomic E-state index is 8.72. The Morgan fingerprint density at radius 3 is 2.62 bits per heavy atom. The van der Waals surface area contributed by atoms with Crippen molar-refractivity contribution in [2.24, 2.45) is 11.8 Å². The lowest BCUT2D eigenvalue weighted by Crippen LogP contribution is -2.47. The van der Waals surface area contributed by atoms with Crippen molar-refractivity contribution in [3.63, 3.8) is 0 Å². The first kappa shape index (κ1) is 20.6. The molecule has 0 amide bonds. The molecule has 32 heavy (non-hydrogen) atoms. The molecule has 162 valence electrons. The summed E-state index contributed by atoms with van der Waals surface area (Å²) >= 11 is 0. The number of pyridine rings is 2. The zero-order valence-electron chi connectivity index (χ0n) is 18.5. The predicted molar refractivity (Wildman–Crippen MR) is 130 cm³/mol. The number of aryl methyl sites for hydroxylation is 1. The summed E-state index contributed by atoms with van der Waals surface area (Å²) in [4.78, 5) is 11.2. The highest BCUT2D eigenvalue weighted by Gasteiger charge is 2.36. The van der Waals surface area contributed by atoms with E-state index in [0.717, 1.165) is 46.3 Å². The highest BCUT2D eigenvalue weighted by Crippen LogP contribution is 2.39. The number of hydrogen-bond donors (Lipinski definition) is 2. The highest BCUT2D eigenvalue weighted by molar-refractivity contribution is 6.13. The molecule has 0 unspecified atom stereocenters. The third-order valence-corrected chi connectivity index (χ3v) is 6.67. The van der Waals surface area contributed by atoms with Crippen molar-refractivity contribution >= 4 is 11.4 Å². The maximum Gasteiger partial charge on any atom is 0.0843 e. The Kier molecular flexibility index (Phi) is 5.58. The van der Waals surface area contributed by atoms with Crippen molar-refractivity contribution in [1.82, 2.24) is 14.9 Å². The van der Waals surface area contributed by atoms with E-state index in [-0.39, 0.29) is 0 Å². The van der Waals surface area contributed by atoms with Gasteiger partial charge in [0.05, 0.1) is 23.3 Å². The molecular weight excluding hydrogens is 394 g/mol. The number of anilines is 1. The molecule has 0 radical (unpaired) electrons. The van der Waals surface area contributed by atoms with Crippen LogP contribution in [0.5, 0.6) is 0 Å². The Hall–Kier alpha value is -3.31. The van der Waals surface area contributed by atoms with Crippen molar-refractivity contribution in [2.75, 3.05) is 18.4 Å². The number of allylic oxidation sites excluding steroid dienone is 1. The van der Waals surface area contributed by atoms with E-state index >= 15 is 0 Å². The van der Waals surface area contributed by atoms with E-state index in [0.29, 0.717) is 11.4 Å². The van der Waals surface area contributed by atoms with E-state index in [1.54, 1.807) is 12.4 Å². The van der Waals surface area contributed by atoms with Crippen LogP contribution < -0.4 is 5.32 Å². The predicted octanol–water partition coefficient (Wildman–Crippen LogP) is 5.29. The lowest BCUT2D eigenvalue weighted by molar-refractivity contribution is 0.0227. The van der Waals surface area contributed by atoms with Crippen LogP contribution in [0.4, 0.5) is 5.69 Å². The van der Waals surface area contributed by atoms with E-state index in [9.17, 15) is 0 Å². The minimum Gasteiger partial charge on any atom is -0.353 e. The molecule has 5 heteroatoms. The zero-order valence-corrected chi connectivity index (χ0v) is 18.5. The number of nitrogens with one attached hydrogen (secondary N) is 2. The van der Waals surface area contributed by atoms with Gasteiger partial charge in [0.25, 0.3) is 0 Å². The summed E-state index contributed by atoms with van der Waals surface area (Å²) in [7, 11) is 0. The molecule has 0 spiro atoms. The number of aromatic nitrogens is 2. The molecule has 4 heterocycles. The normalized spacial score (nSPS) is 19.8. The van der Waals surface area contributed by atoms with Gasteiger partial charge in [-0.25, -0.2) is 0 Å². The van der Waals surface area contributed by atoms with Crippen LogP contribution in [0, 0.1) is 24.2 Å². The second-order valence-electron chi connectivity index (χ2n) is 9.23. The number of hydrogen-bond acceptors (Lipinski definition) is 5. The van der Waals surface area contributed by atoms with Crippen LogP contribution in [-0.2, 0) is 6.54 Å². The summed E-state index contributed by atoms with van der Waals surface area (Å²) < 4.78 is 0. The lowest BCUT2D eigenvalue weighted by atomic mass is 9.71. The lowest BCUT2D eigenvalue weighted by Gasteiger charge is -2.47. The Bertz CT molecular complexity index is 1140. The summed E-state index contributed by atoms with van der Waals surface area (Å²) in [5.41, 5.74) is 7.07.